The molecule has 0 spiro atoms. The highest BCUT2D eigenvalue weighted by atomic mass is 35.5. The van der Waals surface area contributed by atoms with Crippen molar-refractivity contribution in [1.29, 1.82) is 0 Å². The molecule has 0 amide bonds. The number of benzene rings is 2. The van der Waals surface area contributed by atoms with Crippen LogP contribution in [0.5, 0.6) is 0 Å². The van der Waals surface area contributed by atoms with E-state index < -0.39 is 0 Å². The van der Waals surface area contributed by atoms with Gasteiger partial charge < -0.3 is 15.6 Å². The maximum absolute atomic E-state index is 6.31. The van der Waals surface area contributed by atoms with Crippen molar-refractivity contribution >= 4 is 39.2 Å². The predicted octanol–water partition coefficient (Wildman–Crippen LogP) is 4.84. The highest BCUT2D eigenvalue weighted by Crippen LogP contribution is 2.35. The number of hydrogen-bond donors (Lipinski definition) is 3. The van der Waals surface area contributed by atoms with Crippen LogP contribution in [-0.4, -0.2) is 34.6 Å². The van der Waals surface area contributed by atoms with Gasteiger partial charge in [-0.1, -0.05) is 23.7 Å². The van der Waals surface area contributed by atoms with E-state index in [1.807, 2.05) is 48.7 Å². The molecule has 1 saturated heterocycles. The van der Waals surface area contributed by atoms with E-state index in [0.717, 1.165) is 58.6 Å². The molecule has 28 heavy (non-hydrogen) atoms. The van der Waals surface area contributed by atoms with E-state index in [2.05, 4.69) is 20.6 Å². The van der Waals surface area contributed by atoms with Crippen LogP contribution in [0.25, 0.3) is 33.3 Å². The number of aromatic amines is 1. The summed E-state index contributed by atoms with van der Waals surface area (Å²) in [6.45, 7) is 3.11. The fourth-order valence-electron chi connectivity index (χ4n) is 3.95. The molecular formula is C22H22ClN5. The number of rotatable bonds is 4. The second-order valence-corrected chi connectivity index (χ2v) is 7.82. The normalized spacial score (nSPS) is 15.3. The number of halogens is 1. The molecule has 0 bridgehead atoms. The second-order valence-electron chi connectivity index (χ2n) is 7.39. The Kier molecular flexibility index (Phi) is 4.63. The molecule has 3 N–H and O–H groups in total. The lowest BCUT2D eigenvalue weighted by atomic mass is 9.97. The molecule has 0 aliphatic carbocycles. The zero-order chi connectivity index (χ0) is 18.9. The van der Waals surface area contributed by atoms with E-state index in [1.54, 1.807) is 0 Å². The molecule has 2 aromatic heterocycles. The average Bonchev–Trinajstić information content (AvgIpc) is 3.16. The zero-order valence-corrected chi connectivity index (χ0v) is 16.3. The standard InChI is InChI=1S/C22H22ClN5/c23-15-5-6-18-16(11-15)21(26-12-14-7-9-24-10-8-14)17(13-25-18)22-27-19-3-1-2-4-20(19)28-22/h1-6,11,13-14,24H,7-10,12H2,(H,25,26)(H,27,28). The smallest absolute Gasteiger partial charge is 0.142 e. The summed E-state index contributed by atoms with van der Waals surface area (Å²) in [6.07, 6.45) is 4.28. The highest BCUT2D eigenvalue weighted by Gasteiger charge is 2.17. The van der Waals surface area contributed by atoms with Crippen LogP contribution >= 0.6 is 11.6 Å². The first kappa shape index (κ1) is 17.5. The van der Waals surface area contributed by atoms with Crippen molar-refractivity contribution in [2.75, 3.05) is 25.0 Å². The molecule has 142 valence electrons. The van der Waals surface area contributed by atoms with Gasteiger partial charge in [0.2, 0.25) is 0 Å². The molecule has 1 aliphatic rings. The number of anilines is 1. The quantitative estimate of drug-likeness (QED) is 0.465. The molecule has 6 heteroatoms. The first-order valence-corrected chi connectivity index (χ1v) is 10.1. The Hall–Kier alpha value is -2.63. The number of fused-ring (bicyclic) bond motifs is 2. The summed E-state index contributed by atoms with van der Waals surface area (Å²) in [7, 11) is 0. The van der Waals surface area contributed by atoms with Gasteiger partial charge in [-0.25, -0.2) is 4.98 Å². The van der Waals surface area contributed by atoms with Crippen LogP contribution in [0.3, 0.4) is 0 Å². The SMILES string of the molecule is Clc1ccc2ncc(-c3nc4ccccc4[nH]3)c(NCC3CCNCC3)c2c1. The molecule has 1 aliphatic heterocycles. The minimum absolute atomic E-state index is 0.659. The minimum Gasteiger partial charge on any atom is -0.384 e. The number of H-pyrrole nitrogens is 1. The Bertz CT molecular complexity index is 1100. The molecule has 0 radical (unpaired) electrons. The first-order valence-electron chi connectivity index (χ1n) is 9.76. The number of nitrogens with zero attached hydrogens (tertiary/aromatic N) is 2. The average molecular weight is 392 g/mol. The van der Waals surface area contributed by atoms with Gasteiger partial charge in [0, 0.05) is 23.2 Å². The zero-order valence-electron chi connectivity index (χ0n) is 15.5. The number of pyridine rings is 1. The van der Waals surface area contributed by atoms with Crippen LogP contribution < -0.4 is 10.6 Å². The number of para-hydroxylation sites is 2. The Balaban J connectivity index is 1.60. The molecule has 5 rings (SSSR count). The molecule has 0 atom stereocenters. The Labute approximate surface area is 168 Å². The van der Waals surface area contributed by atoms with Gasteiger partial charge in [0.15, 0.2) is 0 Å². The van der Waals surface area contributed by atoms with Gasteiger partial charge in [-0.05, 0) is 62.2 Å². The van der Waals surface area contributed by atoms with E-state index in [4.69, 9.17) is 16.6 Å². The summed E-state index contributed by atoms with van der Waals surface area (Å²) in [6, 6.07) is 13.9. The number of piperidine rings is 1. The Morgan fingerprint density at radius 1 is 1.07 bits per heavy atom. The van der Waals surface area contributed by atoms with E-state index in [9.17, 15) is 0 Å². The fourth-order valence-corrected chi connectivity index (χ4v) is 4.12. The molecule has 4 aromatic rings. The molecule has 0 saturated carbocycles. The fraction of sp³-hybridized carbons (Fsp3) is 0.273. The van der Waals surface area contributed by atoms with E-state index in [-0.39, 0.29) is 0 Å². The van der Waals surface area contributed by atoms with Crippen molar-refractivity contribution < 1.29 is 0 Å². The van der Waals surface area contributed by atoms with Crippen LogP contribution in [0.1, 0.15) is 12.8 Å². The molecular weight excluding hydrogens is 370 g/mol. The number of nitrogens with one attached hydrogen (secondary N) is 3. The van der Waals surface area contributed by atoms with Crippen molar-refractivity contribution in [3.63, 3.8) is 0 Å². The largest absolute Gasteiger partial charge is 0.384 e. The van der Waals surface area contributed by atoms with Crippen molar-refractivity contribution in [3.05, 3.63) is 53.7 Å². The molecule has 3 heterocycles. The summed E-state index contributed by atoms with van der Waals surface area (Å²) >= 11 is 6.31. The van der Waals surface area contributed by atoms with Gasteiger partial charge in [0.05, 0.1) is 27.8 Å². The monoisotopic (exact) mass is 391 g/mol. The van der Waals surface area contributed by atoms with Gasteiger partial charge in [-0.2, -0.15) is 0 Å². The third-order valence-electron chi connectivity index (χ3n) is 5.50. The van der Waals surface area contributed by atoms with Crippen molar-refractivity contribution in [3.8, 4) is 11.4 Å². The van der Waals surface area contributed by atoms with Crippen molar-refractivity contribution in [1.82, 2.24) is 20.3 Å². The summed E-state index contributed by atoms with van der Waals surface area (Å²) in [5.74, 6) is 1.48. The van der Waals surface area contributed by atoms with Crippen LogP contribution in [0.15, 0.2) is 48.7 Å². The maximum Gasteiger partial charge on any atom is 0.142 e. The first-order chi connectivity index (χ1) is 13.8. The predicted molar refractivity (Wildman–Crippen MR) is 116 cm³/mol. The summed E-state index contributed by atoms with van der Waals surface area (Å²) in [5, 5.41) is 8.88. The van der Waals surface area contributed by atoms with Gasteiger partial charge in [-0.15, -0.1) is 0 Å². The highest BCUT2D eigenvalue weighted by molar-refractivity contribution is 6.31. The summed E-state index contributed by atoms with van der Waals surface area (Å²) < 4.78 is 0. The van der Waals surface area contributed by atoms with Gasteiger partial charge in [0.1, 0.15) is 5.82 Å². The van der Waals surface area contributed by atoms with Crippen LogP contribution in [-0.2, 0) is 0 Å². The van der Waals surface area contributed by atoms with E-state index in [1.165, 1.54) is 12.8 Å². The summed E-state index contributed by atoms with van der Waals surface area (Å²) in [4.78, 5) is 12.9. The molecule has 5 nitrogen and oxygen atoms in total. The van der Waals surface area contributed by atoms with E-state index >= 15 is 0 Å². The molecule has 1 fully saturated rings. The van der Waals surface area contributed by atoms with Crippen molar-refractivity contribution in [2.24, 2.45) is 5.92 Å². The number of hydrogen-bond acceptors (Lipinski definition) is 4. The Morgan fingerprint density at radius 3 is 2.79 bits per heavy atom. The van der Waals surface area contributed by atoms with Gasteiger partial charge in [0.25, 0.3) is 0 Å². The van der Waals surface area contributed by atoms with Crippen molar-refractivity contribution in [2.45, 2.75) is 12.8 Å². The molecule has 0 unspecified atom stereocenters. The van der Waals surface area contributed by atoms with Gasteiger partial charge in [-0.3, -0.25) is 4.98 Å². The van der Waals surface area contributed by atoms with Crippen LogP contribution in [0.2, 0.25) is 5.02 Å². The third-order valence-corrected chi connectivity index (χ3v) is 5.74. The topological polar surface area (TPSA) is 65.6 Å². The Morgan fingerprint density at radius 2 is 1.93 bits per heavy atom. The number of imidazole rings is 1. The maximum atomic E-state index is 6.31. The molecule has 2 aromatic carbocycles. The van der Waals surface area contributed by atoms with E-state index in [0.29, 0.717) is 10.9 Å². The van der Waals surface area contributed by atoms with Gasteiger partial charge >= 0.3 is 0 Å². The second kappa shape index (κ2) is 7.41. The van der Waals surface area contributed by atoms with Crippen LogP contribution in [0, 0.1) is 5.92 Å². The lowest BCUT2D eigenvalue weighted by Gasteiger charge is -2.24. The summed E-state index contributed by atoms with van der Waals surface area (Å²) in [5.41, 5.74) is 4.92. The third kappa shape index (κ3) is 3.32. The van der Waals surface area contributed by atoms with Crippen LogP contribution in [0.4, 0.5) is 5.69 Å². The number of aromatic nitrogens is 3. The minimum atomic E-state index is 0.659. The lowest BCUT2D eigenvalue weighted by molar-refractivity contribution is 0.390. The lowest BCUT2D eigenvalue weighted by Crippen LogP contribution is -2.31.